The summed E-state index contributed by atoms with van der Waals surface area (Å²) in [5.74, 6) is -0.345. The van der Waals surface area contributed by atoms with Gasteiger partial charge in [-0.15, -0.1) is 0 Å². The molecule has 0 aromatic rings. The Hall–Kier alpha value is -2.85. The van der Waals surface area contributed by atoms with Crippen LogP contribution in [0.25, 0.3) is 0 Å². The Bertz CT molecular complexity index is 957. The number of esters is 1. The highest BCUT2D eigenvalue weighted by atomic mass is 16.6. The number of rotatable bonds is 6. The van der Waals surface area contributed by atoms with E-state index in [-0.39, 0.29) is 36.6 Å². The van der Waals surface area contributed by atoms with Gasteiger partial charge < -0.3 is 34.0 Å². The van der Waals surface area contributed by atoms with Crippen molar-refractivity contribution >= 4 is 18.2 Å². The van der Waals surface area contributed by atoms with Gasteiger partial charge in [0.15, 0.2) is 0 Å². The minimum absolute atomic E-state index is 0.0116. The van der Waals surface area contributed by atoms with Crippen molar-refractivity contribution in [1.29, 1.82) is 0 Å². The molecular formula is C31H49N3O7. The Balaban J connectivity index is 1.59. The topological polar surface area (TPSA) is 109 Å². The van der Waals surface area contributed by atoms with Gasteiger partial charge in [-0.05, 0) is 51.3 Å². The summed E-state index contributed by atoms with van der Waals surface area (Å²) in [5.41, 5.74) is 0.894. The van der Waals surface area contributed by atoms with Gasteiger partial charge in [0.05, 0.1) is 12.7 Å². The van der Waals surface area contributed by atoms with Crippen molar-refractivity contribution < 1.29 is 33.7 Å². The largest absolute Gasteiger partial charge is 0.457 e. The molecule has 41 heavy (non-hydrogen) atoms. The third-order valence-corrected chi connectivity index (χ3v) is 7.89. The Morgan fingerprint density at radius 2 is 1.83 bits per heavy atom. The number of allylic oxidation sites excluding steroid dienone is 2. The lowest BCUT2D eigenvalue weighted by Gasteiger charge is -2.32. The van der Waals surface area contributed by atoms with E-state index in [1.165, 1.54) is 4.90 Å². The van der Waals surface area contributed by atoms with Crippen LogP contribution in [0.1, 0.15) is 59.3 Å². The lowest BCUT2D eigenvalue weighted by molar-refractivity contribution is -0.148. The maximum absolute atomic E-state index is 12.8. The highest BCUT2D eigenvalue weighted by Crippen LogP contribution is 2.22. The molecule has 3 aliphatic rings. The van der Waals surface area contributed by atoms with E-state index < -0.39 is 18.3 Å². The molecule has 0 radical (unpaired) electrons. The molecule has 230 valence electrons. The third-order valence-electron chi connectivity index (χ3n) is 7.89. The van der Waals surface area contributed by atoms with Crippen LogP contribution in [0.4, 0.5) is 9.59 Å². The molecule has 3 rings (SSSR count). The Morgan fingerprint density at radius 3 is 2.54 bits per heavy atom. The molecule has 5 atom stereocenters. The van der Waals surface area contributed by atoms with Gasteiger partial charge in [-0.1, -0.05) is 44.6 Å². The number of hydrogen-bond donors (Lipinski definition) is 1. The highest BCUT2D eigenvalue weighted by Gasteiger charge is 2.27. The first-order valence-corrected chi connectivity index (χ1v) is 15.1. The summed E-state index contributed by atoms with van der Waals surface area (Å²) >= 11 is 0. The Labute approximate surface area is 245 Å². The fourth-order valence-corrected chi connectivity index (χ4v) is 5.14. The molecule has 0 spiro atoms. The molecule has 0 unspecified atom stereocenters. The number of carbonyl (C=O) groups excluding carboxylic acids is 3. The van der Waals surface area contributed by atoms with Crippen molar-refractivity contribution in [2.75, 3.05) is 52.9 Å². The molecule has 0 saturated carbocycles. The van der Waals surface area contributed by atoms with Gasteiger partial charge in [-0.25, -0.2) is 9.59 Å². The quantitative estimate of drug-likeness (QED) is 0.218. The van der Waals surface area contributed by atoms with Crippen LogP contribution in [0.2, 0.25) is 0 Å². The van der Waals surface area contributed by atoms with Crippen LogP contribution < -0.4 is 0 Å². The molecule has 10 nitrogen and oxygen atoms in total. The molecule has 3 heterocycles. The molecular weight excluding hydrogens is 526 g/mol. The summed E-state index contributed by atoms with van der Waals surface area (Å²) in [4.78, 5) is 43.0. The molecule has 1 N–H and O–H groups in total. The van der Waals surface area contributed by atoms with Crippen molar-refractivity contribution in [3.8, 4) is 0 Å². The zero-order chi connectivity index (χ0) is 29.8. The standard InChI is InChI=1S/C31H49N3O7/c1-23(22-39-30(37)34-16-15-26(35)21-34)9-8-10-24(2)29-25(3)13-14-27(11-6-5-7-12-28(36)41-29)40-31(38)33-19-17-32(4)18-20-33/h8-10,13-14,23,25-27,29,35H,5-7,11-12,15-22H2,1-4H3/b9-8+,14-13+,24-10+/t23-,25+,26-,27-,29-/m1/s1. The Morgan fingerprint density at radius 1 is 1.07 bits per heavy atom. The number of hydrogen-bond acceptors (Lipinski definition) is 8. The average Bonchev–Trinajstić information content (AvgIpc) is 3.38. The van der Waals surface area contributed by atoms with Crippen LogP contribution >= 0.6 is 0 Å². The SMILES string of the molecule is C/C(=C\C=C\[C@@H](C)COC(=O)N1CC[C@@H](O)C1)[C@H]1OC(=O)CCCCC[C@@H](OC(=O)N2CCN(C)CC2)/C=C/[C@@H]1C. The minimum atomic E-state index is -0.474. The summed E-state index contributed by atoms with van der Waals surface area (Å²) in [5, 5.41) is 9.60. The number of aliphatic hydroxyl groups is 1. The number of ether oxygens (including phenoxy) is 3. The van der Waals surface area contributed by atoms with Crippen LogP contribution in [0.5, 0.6) is 0 Å². The highest BCUT2D eigenvalue weighted by molar-refractivity contribution is 5.70. The van der Waals surface area contributed by atoms with Crippen molar-refractivity contribution in [3.63, 3.8) is 0 Å². The van der Waals surface area contributed by atoms with Crippen LogP contribution in [0.3, 0.4) is 0 Å². The number of cyclic esters (lactones) is 1. The molecule has 2 saturated heterocycles. The fourth-order valence-electron chi connectivity index (χ4n) is 5.14. The summed E-state index contributed by atoms with van der Waals surface area (Å²) < 4.78 is 17.2. The van der Waals surface area contributed by atoms with E-state index in [9.17, 15) is 19.5 Å². The smallest absolute Gasteiger partial charge is 0.410 e. The van der Waals surface area contributed by atoms with Crippen molar-refractivity contribution in [2.45, 2.75) is 77.6 Å². The number of β-amino-alcohol motifs (C(OH)–C–C–N with tert-alkyl or cyclic N) is 1. The molecule has 10 heteroatoms. The molecule has 0 bridgehead atoms. The van der Waals surface area contributed by atoms with Gasteiger partial charge in [-0.2, -0.15) is 0 Å². The monoisotopic (exact) mass is 575 g/mol. The number of amides is 2. The van der Waals surface area contributed by atoms with Crippen molar-refractivity contribution in [3.05, 3.63) is 36.0 Å². The van der Waals surface area contributed by atoms with Gasteiger partial charge in [-0.3, -0.25) is 4.79 Å². The number of nitrogens with zero attached hydrogens (tertiary/aromatic N) is 3. The Kier molecular flexibility index (Phi) is 13.2. The van der Waals surface area contributed by atoms with E-state index in [1.807, 2.05) is 51.2 Å². The van der Waals surface area contributed by atoms with Gasteiger partial charge in [0.1, 0.15) is 12.2 Å². The maximum Gasteiger partial charge on any atom is 0.410 e. The molecule has 0 aromatic heterocycles. The van der Waals surface area contributed by atoms with E-state index >= 15 is 0 Å². The zero-order valence-corrected chi connectivity index (χ0v) is 25.2. The number of aliphatic hydroxyl groups excluding tert-OH is 1. The van der Waals surface area contributed by atoms with Gasteiger partial charge in [0.25, 0.3) is 0 Å². The fraction of sp³-hybridized carbons (Fsp3) is 0.710. The minimum Gasteiger partial charge on any atom is -0.457 e. The molecule has 2 amide bonds. The number of piperazine rings is 1. The first kappa shape index (κ1) is 32.7. The lowest BCUT2D eigenvalue weighted by Crippen LogP contribution is -2.47. The van der Waals surface area contributed by atoms with Gasteiger partial charge >= 0.3 is 18.2 Å². The first-order valence-electron chi connectivity index (χ1n) is 15.1. The van der Waals surface area contributed by atoms with E-state index in [1.54, 1.807) is 4.90 Å². The predicted molar refractivity (Wildman–Crippen MR) is 156 cm³/mol. The van der Waals surface area contributed by atoms with Crippen molar-refractivity contribution in [1.82, 2.24) is 14.7 Å². The van der Waals surface area contributed by atoms with E-state index in [4.69, 9.17) is 14.2 Å². The summed E-state index contributed by atoms with van der Waals surface area (Å²) in [6.07, 6.45) is 11.9. The lowest BCUT2D eigenvalue weighted by atomic mass is 9.95. The van der Waals surface area contributed by atoms with Crippen molar-refractivity contribution in [2.24, 2.45) is 11.8 Å². The summed E-state index contributed by atoms with van der Waals surface area (Å²) in [6.45, 7) is 9.97. The van der Waals surface area contributed by atoms with E-state index in [0.717, 1.165) is 44.3 Å². The second-order valence-corrected chi connectivity index (χ2v) is 11.7. The molecule has 2 fully saturated rings. The number of likely N-dealkylation sites (N-methyl/N-ethyl adjacent to an activating group) is 1. The summed E-state index contributed by atoms with van der Waals surface area (Å²) in [6, 6.07) is 0. The maximum atomic E-state index is 12.8. The summed E-state index contributed by atoms with van der Waals surface area (Å²) in [7, 11) is 2.05. The third kappa shape index (κ3) is 11.2. The van der Waals surface area contributed by atoms with Crippen LogP contribution in [-0.4, -0.2) is 109 Å². The van der Waals surface area contributed by atoms with Gasteiger partial charge in [0, 0.05) is 57.5 Å². The average molecular weight is 576 g/mol. The molecule has 0 aliphatic carbocycles. The second kappa shape index (κ2) is 16.6. The first-order chi connectivity index (χ1) is 19.6. The zero-order valence-electron chi connectivity index (χ0n) is 25.2. The van der Waals surface area contributed by atoms with Crippen LogP contribution in [0, 0.1) is 11.8 Å². The van der Waals surface area contributed by atoms with Crippen LogP contribution in [0.15, 0.2) is 36.0 Å². The van der Waals surface area contributed by atoms with E-state index in [2.05, 4.69) is 11.9 Å². The predicted octanol–water partition coefficient (Wildman–Crippen LogP) is 4.15. The molecule has 3 aliphatic heterocycles. The normalized spacial score (nSPS) is 28.9. The number of likely N-dealkylation sites (tertiary alicyclic amines) is 1. The number of carbonyl (C=O) groups is 3. The molecule has 0 aromatic carbocycles. The van der Waals surface area contributed by atoms with Crippen LogP contribution in [-0.2, 0) is 19.0 Å². The van der Waals surface area contributed by atoms with Gasteiger partial charge in [0.2, 0.25) is 0 Å². The second-order valence-electron chi connectivity index (χ2n) is 11.7. The van der Waals surface area contributed by atoms with E-state index in [0.29, 0.717) is 39.0 Å².